The number of rotatable bonds is 6. The summed E-state index contributed by atoms with van der Waals surface area (Å²) in [6.07, 6.45) is 9.34. The molecule has 0 aromatic rings. The molecule has 0 radical (unpaired) electrons. The predicted molar refractivity (Wildman–Crippen MR) is 134 cm³/mol. The van der Waals surface area contributed by atoms with Crippen LogP contribution in [0.3, 0.4) is 0 Å². The van der Waals surface area contributed by atoms with Gasteiger partial charge < -0.3 is 21.3 Å². The summed E-state index contributed by atoms with van der Waals surface area (Å²) in [6, 6.07) is -0.695. The molecule has 192 valence electrons. The van der Waals surface area contributed by atoms with E-state index in [1.807, 2.05) is 20.8 Å². The van der Waals surface area contributed by atoms with E-state index >= 15 is 0 Å². The third-order valence-corrected chi connectivity index (χ3v) is 6.77. The smallest absolute Gasteiger partial charge is 0.237 e. The molecule has 5 N–H and O–H groups in total. The molecule has 3 rings (SSSR count). The Labute approximate surface area is 201 Å². The molecule has 1 heterocycles. The maximum atomic E-state index is 11.8. The molecule has 1 saturated heterocycles. The average molecular weight is 468 g/mol. The summed E-state index contributed by atoms with van der Waals surface area (Å²) >= 11 is 0. The van der Waals surface area contributed by atoms with Crippen molar-refractivity contribution < 1.29 is 19.5 Å². The summed E-state index contributed by atoms with van der Waals surface area (Å²) < 4.78 is 5.47. The molecule has 4 unspecified atom stereocenters. The van der Waals surface area contributed by atoms with E-state index in [1.54, 1.807) is 7.11 Å². The minimum Gasteiger partial charge on any atom is -0.496 e. The Hall–Kier alpha value is -1.41. The summed E-state index contributed by atoms with van der Waals surface area (Å²) in [4.78, 5) is 17.5. The number of carbonyl (C=O) groups is 1. The molecule has 4 atom stereocenters. The molecule has 0 bridgehead atoms. The van der Waals surface area contributed by atoms with Crippen LogP contribution >= 0.6 is 0 Å². The minimum absolute atomic E-state index is 0.197. The molecule has 2 aliphatic carbocycles. The number of methoxy groups -OCH3 is 1. The van der Waals surface area contributed by atoms with Crippen molar-refractivity contribution in [1.29, 1.82) is 0 Å². The van der Waals surface area contributed by atoms with Gasteiger partial charge in [-0.1, -0.05) is 53.5 Å². The zero-order chi connectivity index (χ0) is 25.2. The Balaban J connectivity index is 0.000000412. The number of primary amides is 1. The van der Waals surface area contributed by atoms with Crippen molar-refractivity contribution in [3.63, 3.8) is 0 Å². The van der Waals surface area contributed by atoms with Crippen LogP contribution < -0.4 is 11.5 Å². The molecular weight excluding hydrogens is 418 g/mol. The SMILES string of the molecule is CC.CC1CCCC(C)(C)C1.COC1=C(C)CCC=C1CN1OC(CN)C(CO)C1C(N)=O. The number of hydroxylamine groups is 2. The van der Waals surface area contributed by atoms with Crippen molar-refractivity contribution in [3.8, 4) is 0 Å². The number of nitrogens with two attached hydrogens (primary N) is 2. The van der Waals surface area contributed by atoms with Crippen LogP contribution in [0.5, 0.6) is 0 Å². The van der Waals surface area contributed by atoms with E-state index in [9.17, 15) is 9.90 Å². The van der Waals surface area contributed by atoms with Gasteiger partial charge in [0.1, 0.15) is 11.8 Å². The van der Waals surface area contributed by atoms with Crippen molar-refractivity contribution in [2.45, 2.75) is 92.2 Å². The van der Waals surface area contributed by atoms with Crippen LogP contribution in [-0.2, 0) is 14.4 Å². The van der Waals surface area contributed by atoms with Crippen molar-refractivity contribution in [1.82, 2.24) is 5.06 Å². The molecule has 0 aromatic carbocycles. The molecule has 0 aromatic heterocycles. The van der Waals surface area contributed by atoms with E-state index in [2.05, 4.69) is 26.8 Å². The molecule has 1 aliphatic heterocycles. The number of hydrogen-bond donors (Lipinski definition) is 3. The fourth-order valence-electron chi connectivity index (χ4n) is 5.29. The molecule has 33 heavy (non-hydrogen) atoms. The van der Waals surface area contributed by atoms with Crippen molar-refractivity contribution >= 4 is 5.91 Å². The van der Waals surface area contributed by atoms with Gasteiger partial charge in [0.15, 0.2) is 0 Å². The van der Waals surface area contributed by atoms with Gasteiger partial charge in [-0.15, -0.1) is 0 Å². The number of hydrogen-bond acceptors (Lipinski definition) is 6. The van der Waals surface area contributed by atoms with Crippen LogP contribution in [0.25, 0.3) is 0 Å². The lowest BCUT2D eigenvalue weighted by molar-refractivity contribution is -0.162. The number of nitrogens with zero attached hydrogens (tertiary/aromatic N) is 1. The first-order valence-corrected chi connectivity index (χ1v) is 12.6. The lowest BCUT2D eigenvalue weighted by Crippen LogP contribution is -2.45. The summed E-state index contributed by atoms with van der Waals surface area (Å²) in [7, 11) is 1.63. The summed E-state index contributed by atoms with van der Waals surface area (Å²) in [5.41, 5.74) is 14.0. The van der Waals surface area contributed by atoms with E-state index in [1.165, 1.54) is 36.3 Å². The van der Waals surface area contributed by atoms with E-state index in [0.29, 0.717) is 12.0 Å². The highest BCUT2D eigenvalue weighted by Crippen LogP contribution is 2.38. The monoisotopic (exact) mass is 467 g/mol. The van der Waals surface area contributed by atoms with Crippen LogP contribution in [0, 0.1) is 17.3 Å². The second-order valence-electron chi connectivity index (χ2n) is 10.1. The van der Waals surface area contributed by atoms with E-state index < -0.39 is 24.0 Å². The van der Waals surface area contributed by atoms with Crippen LogP contribution in [0.15, 0.2) is 23.0 Å². The van der Waals surface area contributed by atoms with Gasteiger partial charge in [-0.05, 0) is 49.5 Å². The highest BCUT2D eigenvalue weighted by atomic mass is 16.7. The lowest BCUT2D eigenvalue weighted by atomic mass is 9.73. The second-order valence-corrected chi connectivity index (χ2v) is 10.1. The van der Waals surface area contributed by atoms with Crippen molar-refractivity contribution in [2.24, 2.45) is 28.7 Å². The first-order chi connectivity index (χ1) is 15.6. The lowest BCUT2D eigenvalue weighted by Gasteiger charge is -2.33. The van der Waals surface area contributed by atoms with E-state index in [0.717, 1.165) is 30.1 Å². The maximum absolute atomic E-state index is 11.8. The Morgan fingerprint density at radius 3 is 2.48 bits per heavy atom. The number of aliphatic hydroxyl groups is 1. The molecule has 1 amide bonds. The van der Waals surface area contributed by atoms with E-state index in [-0.39, 0.29) is 13.2 Å². The van der Waals surface area contributed by atoms with Gasteiger partial charge in [-0.25, -0.2) is 0 Å². The Morgan fingerprint density at radius 1 is 1.36 bits per heavy atom. The molecule has 3 aliphatic rings. The van der Waals surface area contributed by atoms with Crippen LogP contribution in [0.1, 0.15) is 80.1 Å². The zero-order valence-corrected chi connectivity index (χ0v) is 22.0. The van der Waals surface area contributed by atoms with Gasteiger partial charge in [0.05, 0.1) is 26.4 Å². The third kappa shape index (κ3) is 8.39. The molecule has 7 nitrogen and oxygen atoms in total. The van der Waals surface area contributed by atoms with E-state index in [4.69, 9.17) is 21.0 Å². The Bertz CT molecular complexity index is 674. The van der Waals surface area contributed by atoms with Gasteiger partial charge in [0.2, 0.25) is 5.91 Å². The zero-order valence-electron chi connectivity index (χ0n) is 22.0. The van der Waals surface area contributed by atoms with Crippen LogP contribution in [-0.4, -0.2) is 55.0 Å². The number of ether oxygens (including phenoxy) is 1. The summed E-state index contributed by atoms with van der Waals surface area (Å²) in [5, 5.41) is 11.1. The molecule has 2 fully saturated rings. The van der Waals surface area contributed by atoms with Crippen molar-refractivity contribution in [3.05, 3.63) is 23.0 Å². The topological polar surface area (TPSA) is 111 Å². The first kappa shape index (κ1) is 29.6. The normalized spacial score (nSPS) is 29.3. The minimum atomic E-state index is -0.695. The summed E-state index contributed by atoms with van der Waals surface area (Å²) in [6.45, 7) is 13.6. The standard InChI is InChI=1S/C15H25N3O4.C9H18.C2H6/c1-9-4-3-5-10(14(9)21-2)7-18-13(15(17)20)11(8-19)12(6-16)22-18;1-8-5-4-6-9(2,3)7-8;1-2/h5,11-13,19H,3-4,6-8,16H2,1-2H3,(H2,17,20);8H,4-7H2,1-3H3;1-2H3. The van der Waals surface area contributed by atoms with Gasteiger partial charge in [0, 0.05) is 18.0 Å². The first-order valence-electron chi connectivity index (χ1n) is 12.6. The largest absolute Gasteiger partial charge is 0.496 e. The Morgan fingerprint density at radius 2 is 2.03 bits per heavy atom. The summed E-state index contributed by atoms with van der Waals surface area (Å²) in [5.74, 6) is 0.873. The van der Waals surface area contributed by atoms with Crippen molar-refractivity contribution in [2.75, 3.05) is 26.8 Å². The quantitative estimate of drug-likeness (QED) is 0.546. The van der Waals surface area contributed by atoms with Gasteiger partial charge >= 0.3 is 0 Å². The van der Waals surface area contributed by atoms with Crippen LogP contribution in [0.4, 0.5) is 0 Å². The van der Waals surface area contributed by atoms with Gasteiger partial charge in [-0.2, -0.15) is 5.06 Å². The average Bonchev–Trinajstić information content (AvgIpc) is 3.12. The fraction of sp³-hybridized carbons (Fsp3) is 0.808. The predicted octanol–water partition coefficient (Wildman–Crippen LogP) is 3.91. The van der Waals surface area contributed by atoms with Crippen LogP contribution in [0.2, 0.25) is 0 Å². The van der Waals surface area contributed by atoms with Gasteiger partial charge in [0.25, 0.3) is 0 Å². The number of aliphatic hydroxyl groups excluding tert-OH is 1. The fourth-order valence-corrected chi connectivity index (χ4v) is 5.29. The maximum Gasteiger partial charge on any atom is 0.237 e. The number of carbonyl (C=O) groups excluding carboxylic acids is 1. The molecule has 0 spiro atoms. The Kier molecular flexibility index (Phi) is 12.7. The number of amides is 1. The molecule has 7 heteroatoms. The molecular formula is C26H49N3O4. The third-order valence-electron chi connectivity index (χ3n) is 6.77. The molecule has 1 saturated carbocycles. The number of allylic oxidation sites excluding steroid dienone is 2. The highest BCUT2D eigenvalue weighted by Gasteiger charge is 2.46. The van der Waals surface area contributed by atoms with Gasteiger partial charge in [-0.3, -0.25) is 9.63 Å². The highest BCUT2D eigenvalue weighted by molar-refractivity contribution is 5.80. The second kappa shape index (κ2) is 14.1.